The van der Waals surface area contributed by atoms with Crippen molar-refractivity contribution in [3.63, 3.8) is 0 Å². The third-order valence-electron chi connectivity index (χ3n) is 3.34. The summed E-state index contributed by atoms with van der Waals surface area (Å²) < 4.78 is 0. The van der Waals surface area contributed by atoms with Crippen LogP contribution in [0, 0.1) is 0 Å². The zero-order valence-corrected chi connectivity index (χ0v) is 9.28. The van der Waals surface area contributed by atoms with Crippen LogP contribution in [-0.2, 0) is 4.79 Å². The summed E-state index contributed by atoms with van der Waals surface area (Å²) in [5.74, 6) is -0.277. The lowest BCUT2D eigenvalue weighted by molar-refractivity contribution is -0.130. The molecule has 2 heteroatoms. The molecule has 0 atom stereocenters. The summed E-state index contributed by atoms with van der Waals surface area (Å²) in [4.78, 5) is 10.7. The third-order valence-corrected chi connectivity index (χ3v) is 3.34. The molecular formula is C14H16O2. The van der Waals surface area contributed by atoms with Gasteiger partial charge in [-0.25, -0.2) is 4.79 Å². The number of aliphatic carboxylic acids is 1. The quantitative estimate of drug-likeness (QED) is 0.786. The van der Waals surface area contributed by atoms with E-state index < -0.39 is 5.97 Å². The third kappa shape index (κ3) is 2.16. The first-order valence-electron chi connectivity index (χ1n) is 5.71. The smallest absolute Gasteiger partial charge is 0.335 e. The molecule has 1 aliphatic carbocycles. The monoisotopic (exact) mass is 216 g/mol. The molecule has 0 saturated heterocycles. The number of rotatable bonds is 3. The number of carboxylic acid groups (broad SMARTS) is 1. The summed E-state index contributed by atoms with van der Waals surface area (Å²) >= 11 is 0. The Balaban J connectivity index is 2.15. The Kier molecular flexibility index (Phi) is 3.09. The van der Waals surface area contributed by atoms with Gasteiger partial charge in [-0.3, -0.25) is 0 Å². The van der Waals surface area contributed by atoms with Crippen LogP contribution in [0.15, 0.2) is 30.8 Å². The molecule has 1 aromatic carbocycles. The van der Waals surface area contributed by atoms with Gasteiger partial charge in [-0.15, -0.1) is 0 Å². The molecule has 0 radical (unpaired) electrons. The summed E-state index contributed by atoms with van der Waals surface area (Å²) in [6.07, 6.45) is 5.15. The molecule has 0 bridgehead atoms. The maximum atomic E-state index is 10.7. The van der Waals surface area contributed by atoms with Gasteiger partial charge >= 0.3 is 5.97 Å². The van der Waals surface area contributed by atoms with Crippen LogP contribution < -0.4 is 0 Å². The summed E-state index contributed by atoms with van der Waals surface area (Å²) in [6.45, 7) is 3.55. The SMILES string of the molecule is C=C(C(=O)O)c1ccc(C2CCCC2)cc1. The molecule has 2 nitrogen and oxygen atoms in total. The van der Waals surface area contributed by atoms with Gasteiger partial charge in [-0.2, -0.15) is 0 Å². The van der Waals surface area contributed by atoms with Gasteiger partial charge in [0.25, 0.3) is 0 Å². The van der Waals surface area contributed by atoms with Crippen LogP contribution >= 0.6 is 0 Å². The normalized spacial score (nSPS) is 16.2. The maximum Gasteiger partial charge on any atom is 0.335 e. The van der Waals surface area contributed by atoms with Crippen molar-refractivity contribution >= 4 is 11.5 Å². The van der Waals surface area contributed by atoms with Gasteiger partial charge in [0.1, 0.15) is 0 Å². The van der Waals surface area contributed by atoms with Crippen molar-refractivity contribution in [2.24, 2.45) is 0 Å². The Hall–Kier alpha value is -1.57. The Morgan fingerprint density at radius 2 is 1.75 bits per heavy atom. The van der Waals surface area contributed by atoms with E-state index in [9.17, 15) is 4.79 Å². The van der Waals surface area contributed by atoms with Crippen LogP contribution in [0.4, 0.5) is 0 Å². The lowest BCUT2D eigenvalue weighted by Gasteiger charge is -2.10. The summed E-state index contributed by atoms with van der Waals surface area (Å²) in [5.41, 5.74) is 2.20. The highest BCUT2D eigenvalue weighted by Gasteiger charge is 2.17. The molecule has 0 heterocycles. The average Bonchev–Trinajstić information content (AvgIpc) is 2.81. The van der Waals surface area contributed by atoms with E-state index >= 15 is 0 Å². The minimum Gasteiger partial charge on any atom is -0.478 e. The van der Waals surface area contributed by atoms with Crippen LogP contribution in [0.3, 0.4) is 0 Å². The lowest BCUT2D eigenvalue weighted by atomic mass is 9.95. The molecule has 1 aromatic rings. The fourth-order valence-corrected chi connectivity index (χ4v) is 2.34. The van der Waals surface area contributed by atoms with Crippen molar-refractivity contribution in [3.8, 4) is 0 Å². The molecule has 2 rings (SSSR count). The standard InChI is InChI=1S/C14H16O2/c1-10(14(15)16)11-6-8-13(9-7-11)12-4-2-3-5-12/h6-9,12H,1-5H2,(H,15,16). The average molecular weight is 216 g/mol. The van der Waals surface area contributed by atoms with Crippen LogP contribution in [0.25, 0.3) is 5.57 Å². The van der Waals surface area contributed by atoms with Gasteiger partial charge in [-0.05, 0) is 29.9 Å². The molecular weight excluding hydrogens is 200 g/mol. The lowest BCUT2D eigenvalue weighted by Crippen LogP contribution is -1.98. The minimum absolute atomic E-state index is 0.165. The van der Waals surface area contributed by atoms with Crippen LogP contribution in [-0.4, -0.2) is 11.1 Å². The fraction of sp³-hybridized carbons (Fsp3) is 0.357. The molecule has 1 N–H and O–H groups in total. The van der Waals surface area contributed by atoms with Gasteiger partial charge in [0.2, 0.25) is 0 Å². The van der Waals surface area contributed by atoms with Crippen molar-refractivity contribution in [3.05, 3.63) is 42.0 Å². The van der Waals surface area contributed by atoms with Gasteiger partial charge in [0.05, 0.1) is 5.57 Å². The van der Waals surface area contributed by atoms with E-state index in [0.717, 1.165) is 0 Å². The summed E-state index contributed by atoms with van der Waals surface area (Å²) in [5, 5.41) is 8.82. The Bertz CT molecular complexity index is 397. The van der Waals surface area contributed by atoms with E-state index in [1.807, 2.05) is 24.3 Å². The Labute approximate surface area is 95.6 Å². The molecule has 1 aliphatic rings. The van der Waals surface area contributed by atoms with Crippen LogP contribution in [0.5, 0.6) is 0 Å². The van der Waals surface area contributed by atoms with Crippen molar-refractivity contribution in [1.82, 2.24) is 0 Å². The second kappa shape index (κ2) is 4.52. The summed E-state index contributed by atoms with van der Waals surface area (Å²) in [7, 11) is 0. The molecule has 0 aromatic heterocycles. The van der Waals surface area contributed by atoms with Crippen LogP contribution in [0.1, 0.15) is 42.7 Å². The van der Waals surface area contributed by atoms with Gasteiger partial charge in [-0.1, -0.05) is 43.7 Å². The number of benzene rings is 1. The Morgan fingerprint density at radius 3 is 2.25 bits per heavy atom. The van der Waals surface area contributed by atoms with E-state index in [2.05, 4.69) is 6.58 Å². The van der Waals surface area contributed by atoms with Crippen molar-refractivity contribution in [2.75, 3.05) is 0 Å². The fourth-order valence-electron chi connectivity index (χ4n) is 2.34. The van der Waals surface area contributed by atoms with Crippen molar-refractivity contribution in [2.45, 2.75) is 31.6 Å². The van der Waals surface area contributed by atoms with Crippen molar-refractivity contribution < 1.29 is 9.90 Å². The van der Waals surface area contributed by atoms with E-state index in [0.29, 0.717) is 11.5 Å². The van der Waals surface area contributed by atoms with E-state index in [1.54, 1.807) is 0 Å². The van der Waals surface area contributed by atoms with Gasteiger partial charge < -0.3 is 5.11 Å². The molecule has 16 heavy (non-hydrogen) atoms. The zero-order valence-electron chi connectivity index (χ0n) is 9.28. The zero-order chi connectivity index (χ0) is 11.5. The first kappa shape index (κ1) is 10.9. The second-order valence-corrected chi connectivity index (χ2v) is 4.39. The number of hydrogen-bond donors (Lipinski definition) is 1. The maximum absolute atomic E-state index is 10.7. The molecule has 0 aliphatic heterocycles. The summed E-state index contributed by atoms with van der Waals surface area (Å²) in [6, 6.07) is 7.81. The van der Waals surface area contributed by atoms with Crippen molar-refractivity contribution in [1.29, 1.82) is 0 Å². The highest BCUT2D eigenvalue weighted by molar-refractivity contribution is 6.14. The van der Waals surface area contributed by atoms with Gasteiger partial charge in [0.15, 0.2) is 0 Å². The predicted molar refractivity (Wildman–Crippen MR) is 64.3 cm³/mol. The highest BCUT2D eigenvalue weighted by Crippen LogP contribution is 2.34. The largest absolute Gasteiger partial charge is 0.478 e. The molecule has 0 spiro atoms. The van der Waals surface area contributed by atoms with Gasteiger partial charge in [0, 0.05) is 0 Å². The number of carbonyl (C=O) groups is 1. The topological polar surface area (TPSA) is 37.3 Å². The molecule has 1 saturated carbocycles. The highest BCUT2D eigenvalue weighted by atomic mass is 16.4. The first-order chi connectivity index (χ1) is 7.68. The number of hydrogen-bond acceptors (Lipinski definition) is 1. The Morgan fingerprint density at radius 1 is 1.19 bits per heavy atom. The van der Waals surface area contributed by atoms with E-state index in [-0.39, 0.29) is 5.57 Å². The van der Waals surface area contributed by atoms with E-state index in [1.165, 1.54) is 31.2 Å². The molecule has 1 fully saturated rings. The minimum atomic E-state index is -0.950. The molecule has 0 unspecified atom stereocenters. The van der Waals surface area contributed by atoms with Crippen LogP contribution in [0.2, 0.25) is 0 Å². The number of carboxylic acids is 1. The predicted octanol–water partition coefficient (Wildman–Crippen LogP) is 3.44. The first-order valence-corrected chi connectivity index (χ1v) is 5.71. The molecule has 84 valence electrons. The van der Waals surface area contributed by atoms with E-state index in [4.69, 9.17) is 5.11 Å². The second-order valence-electron chi connectivity index (χ2n) is 4.39. The molecule has 0 amide bonds.